The van der Waals surface area contributed by atoms with Crippen LogP contribution in [0.15, 0.2) is 42.5 Å². The number of methoxy groups -OCH3 is 1. The predicted molar refractivity (Wildman–Crippen MR) is 90.9 cm³/mol. The fourth-order valence-electron chi connectivity index (χ4n) is 3.18. The number of rotatable bonds is 2. The number of benzene rings is 2. The average molecular weight is 307 g/mol. The second-order valence-corrected chi connectivity index (χ2v) is 5.65. The van der Waals surface area contributed by atoms with Crippen LogP contribution in [0.3, 0.4) is 0 Å². The largest absolute Gasteiger partial charge is 0.496 e. The van der Waals surface area contributed by atoms with E-state index in [0.717, 1.165) is 33.5 Å². The Morgan fingerprint density at radius 1 is 1.17 bits per heavy atom. The summed E-state index contributed by atoms with van der Waals surface area (Å²) >= 11 is 0. The van der Waals surface area contributed by atoms with E-state index in [9.17, 15) is 0 Å². The quantitative estimate of drug-likeness (QED) is 0.711. The molecule has 0 amide bonds. The maximum absolute atomic E-state index is 6.21. The van der Waals surface area contributed by atoms with Crippen LogP contribution < -0.4 is 20.9 Å². The summed E-state index contributed by atoms with van der Waals surface area (Å²) in [5.41, 5.74) is 15.6. The molecule has 3 aromatic rings. The molecule has 5 heteroatoms. The van der Waals surface area contributed by atoms with Crippen molar-refractivity contribution in [3.8, 4) is 11.5 Å². The molecule has 2 aromatic carbocycles. The summed E-state index contributed by atoms with van der Waals surface area (Å²) in [6, 6.07) is 13.5. The molecule has 0 radical (unpaired) electrons. The molecule has 116 valence electrons. The molecule has 23 heavy (non-hydrogen) atoms. The van der Waals surface area contributed by atoms with Crippen LogP contribution in [0.5, 0.6) is 11.5 Å². The highest BCUT2D eigenvalue weighted by Crippen LogP contribution is 2.45. The van der Waals surface area contributed by atoms with Gasteiger partial charge in [0, 0.05) is 22.2 Å². The molecule has 1 aliphatic rings. The molecule has 4 rings (SSSR count). The van der Waals surface area contributed by atoms with Gasteiger partial charge >= 0.3 is 0 Å². The fourth-order valence-corrected chi connectivity index (χ4v) is 3.18. The van der Waals surface area contributed by atoms with E-state index < -0.39 is 0 Å². The summed E-state index contributed by atoms with van der Waals surface area (Å²) < 4.78 is 11.3. The van der Waals surface area contributed by atoms with Crippen molar-refractivity contribution in [3.05, 3.63) is 53.6 Å². The lowest BCUT2D eigenvalue weighted by atomic mass is 9.91. The number of ether oxygens (including phenoxy) is 2. The molecule has 0 bridgehead atoms. The van der Waals surface area contributed by atoms with E-state index in [1.165, 1.54) is 0 Å². The average Bonchev–Trinajstić information content (AvgIpc) is 2.98. The first-order valence-corrected chi connectivity index (χ1v) is 7.42. The van der Waals surface area contributed by atoms with Crippen molar-refractivity contribution in [2.75, 3.05) is 25.2 Å². The highest BCUT2D eigenvalue weighted by Gasteiger charge is 2.31. The molecule has 0 aliphatic carbocycles. The van der Waals surface area contributed by atoms with Crippen molar-refractivity contribution in [2.45, 2.75) is 5.92 Å². The van der Waals surface area contributed by atoms with Gasteiger partial charge in [0.2, 0.25) is 0 Å². The van der Waals surface area contributed by atoms with Crippen LogP contribution in [-0.4, -0.2) is 18.7 Å². The number of aromatic nitrogens is 1. The van der Waals surface area contributed by atoms with Gasteiger partial charge < -0.3 is 20.9 Å². The Bertz CT molecular complexity index is 908. The van der Waals surface area contributed by atoms with Crippen molar-refractivity contribution >= 4 is 22.4 Å². The summed E-state index contributed by atoms with van der Waals surface area (Å²) in [5.74, 6) is 2.15. The summed E-state index contributed by atoms with van der Waals surface area (Å²) in [6.45, 7) is 0.523. The highest BCUT2D eigenvalue weighted by molar-refractivity contribution is 5.85. The zero-order valence-electron chi connectivity index (χ0n) is 12.7. The van der Waals surface area contributed by atoms with E-state index in [1.807, 2.05) is 42.5 Å². The molecule has 1 atom stereocenters. The van der Waals surface area contributed by atoms with Gasteiger partial charge in [0.15, 0.2) is 0 Å². The Morgan fingerprint density at radius 3 is 2.87 bits per heavy atom. The van der Waals surface area contributed by atoms with Gasteiger partial charge in [-0.15, -0.1) is 0 Å². The third-order valence-electron chi connectivity index (χ3n) is 4.27. The molecule has 0 spiro atoms. The third kappa shape index (κ3) is 2.12. The van der Waals surface area contributed by atoms with Crippen LogP contribution in [-0.2, 0) is 0 Å². The van der Waals surface area contributed by atoms with E-state index >= 15 is 0 Å². The number of fused-ring (bicyclic) bond motifs is 2. The molecule has 2 heterocycles. The first-order chi connectivity index (χ1) is 11.2. The van der Waals surface area contributed by atoms with E-state index in [1.54, 1.807) is 7.11 Å². The maximum atomic E-state index is 6.21. The number of nitrogens with two attached hydrogens (primary N) is 2. The van der Waals surface area contributed by atoms with Gasteiger partial charge in [-0.05, 0) is 36.4 Å². The normalized spacial score (nSPS) is 16.1. The first-order valence-electron chi connectivity index (χ1n) is 7.42. The Labute approximate surface area is 133 Å². The van der Waals surface area contributed by atoms with Gasteiger partial charge in [0.25, 0.3) is 0 Å². The Morgan fingerprint density at radius 2 is 2.04 bits per heavy atom. The standard InChI is InChI=1S/C18H17N3O2/c1-22-15-3-2-4-16-17(15)13(9-23-16)12-8-10-7-11(19)5-6-14(10)21-18(12)20/h2-8,13H,9,19H2,1H3,(H2,20,21). The summed E-state index contributed by atoms with van der Waals surface area (Å²) in [4.78, 5) is 4.52. The smallest absolute Gasteiger partial charge is 0.128 e. The Balaban J connectivity index is 1.90. The molecule has 1 aromatic heterocycles. The van der Waals surface area contributed by atoms with E-state index in [-0.39, 0.29) is 5.92 Å². The number of nitrogen functional groups attached to an aromatic ring is 2. The fraction of sp³-hybridized carbons (Fsp3) is 0.167. The van der Waals surface area contributed by atoms with Crippen molar-refractivity contribution in [3.63, 3.8) is 0 Å². The zero-order valence-corrected chi connectivity index (χ0v) is 12.7. The lowest BCUT2D eigenvalue weighted by Gasteiger charge is -2.15. The van der Waals surface area contributed by atoms with Crippen LogP contribution in [0.1, 0.15) is 17.0 Å². The molecular weight excluding hydrogens is 290 g/mol. The Hall–Kier alpha value is -2.95. The lowest BCUT2D eigenvalue weighted by molar-refractivity contribution is 0.343. The topological polar surface area (TPSA) is 83.4 Å². The molecule has 1 aliphatic heterocycles. The monoisotopic (exact) mass is 307 g/mol. The molecule has 1 unspecified atom stereocenters. The van der Waals surface area contributed by atoms with Gasteiger partial charge in [-0.25, -0.2) is 4.98 Å². The van der Waals surface area contributed by atoms with Crippen LogP contribution >= 0.6 is 0 Å². The number of anilines is 2. The minimum absolute atomic E-state index is 0.000481. The van der Waals surface area contributed by atoms with Crippen LogP contribution in [0, 0.1) is 0 Å². The number of pyridine rings is 1. The highest BCUT2D eigenvalue weighted by atomic mass is 16.5. The summed E-state index contributed by atoms with van der Waals surface area (Å²) in [6.07, 6.45) is 0. The second-order valence-electron chi connectivity index (χ2n) is 5.65. The van der Waals surface area contributed by atoms with Crippen LogP contribution in [0.2, 0.25) is 0 Å². The van der Waals surface area contributed by atoms with Gasteiger partial charge in [-0.3, -0.25) is 0 Å². The molecule has 0 saturated heterocycles. The minimum atomic E-state index is -0.000481. The predicted octanol–water partition coefficient (Wildman–Crippen LogP) is 2.93. The van der Waals surface area contributed by atoms with Crippen LogP contribution in [0.25, 0.3) is 10.9 Å². The summed E-state index contributed by atoms with van der Waals surface area (Å²) in [7, 11) is 1.66. The van der Waals surface area contributed by atoms with E-state index in [2.05, 4.69) is 4.98 Å². The van der Waals surface area contributed by atoms with Crippen molar-refractivity contribution in [1.29, 1.82) is 0 Å². The maximum Gasteiger partial charge on any atom is 0.128 e. The first kappa shape index (κ1) is 13.7. The minimum Gasteiger partial charge on any atom is -0.496 e. The molecule has 4 N–H and O–H groups in total. The molecule has 0 fully saturated rings. The number of nitrogens with zero attached hydrogens (tertiary/aromatic N) is 1. The SMILES string of the molecule is COc1cccc2c1C(c1cc3cc(N)ccc3nc1N)CO2. The second kappa shape index (κ2) is 5.05. The van der Waals surface area contributed by atoms with Gasteiger partial charge in [0.05, 0.1) is 25.2 Å². The third-order valence-corrected chi connectivity index (χ3v) is 4.27. The molecule has 5 nitrogen and oxygen atoms in total. The van der Waals surface area contributed by atoms with Gasteiger partial charge in [-0.1, -0.05) is 6.07 Å². The van der Waals surface area contributed by atoms with Crippen molar-refractivity contribution in [1.82, 2.24) is 4.98 Å². The molecule has 0 saturated carbocycles. The number of hydrogen-bond acceptors (Lipinski definition) is 5. The lowest BCUT2D eigenvalue weighted by Crippen LogP contribution is -2.08. The van der Waals surface area contributed by atoms with Crippen molar-refractivity contribution < 1.29 is 9.47 Å². The number of hydrogen-bond donors (Lipinski definition) is 2. The Kier molecular flexibility index (Phi) is 3.01. The van der Waals surface area contributed by atoms with Crippen LogP contribution in [0.4, 0.5) is 11.5 Å². The summed E-state index contributed by atoms with van der Waals surface area (Å²) in [5, 5.41) is 0.970. The van der Waals surface area contributed by atoms with Gasteiger partial charge in [-0.2, -0.15) is 0 Å². The van der Waals surface area contributed by atoms with E-state index in [4.69, 9.17) is 20.9 Å². The van der Waals surface area contributed by atoms with E-state index in [0.29, 0.717) is 18.1 Å². The molecular formula is C18H17N3O2. The zero-order chi connectivity index (χ0) is 16.0. The van der Waals surface area contributed by atoms with Gasteiger partial charge in [0.1, 0.15) is 17.3 Å². The van der Waals surface area contributed by atoms with Crippen molar-refractivity contribution in [2.24, 2.45) is 0 Å².